The third kappa shape index (κ3) is 3.56. The first-order valence-corrected chi connectivity index (χ1v) is 8.40. The molecule has 0 saturated carbocycles. The Morgan fingerprint density at radius 3 is 2.84 bits per heavy atom. The van der Waals surface area contributed by atoms with Crippen molar-refractivity contribution in [2.75, 3.05) is 13.1 Å². The van der Waals surface area contributed by atoms with E-state index < -0.39 is 0 Å². The Labute approximate surface area is 121 Å². The van der Waals surface area contributed by atoms with E-state index in [1.807, 2.05) is 6.20 Å². The molecule has 19 heavy (non-hydrogen) atoms. The standard InChI is InChI=1S/C15H27N3S/c1-5-6-13-10-18(14(9-17-13)11(2)3)12(4)15-16-7-8-19-15/h7-8,11-14,17H,5-6,9-10H2,1-4H3. The van der Waals surface area contributed by atoms with E-state index in [9.17, 15) is 0 Å². The van der Waals surface area contributed by atoms with E-state index in [1.165, 1.54) is 17.8 Å². The van der Waals surface area contributed by atoms with Crippen LogP contribution in [0, 0.1) is 5.92 Å². The van der Waals surface area contributed by atoms with E-state index in [0.717, 1.165) is 13.1 Å². The van der Waals surface area contributed by atoms with Crippen LogP contribution < -0.4 is 5.32 Å². The average molecular weight is 281 g/mol. The van der Waals surface area contributed by atoms with E-state index in [4.69, 9.17) is 0 Å². The first kappa shape index (κ1) is 14.9. The van der Waals surface area contributed by atoms with E-state index in [1.54, 1.807) is 11.3 Å². The zero-order chi connectivity index (χ0) is 13.8. The van der Waals surface area contributed by atoms with Crippen molar-refractivity contribution in [3.05, 3.63) is 16.6 Å². The molecule has 0 spiro atoms. The maximum Gasteiger partial charge on any atom is 0.109 e. The number of aromatic nitrogens is 1. The molecule has 1 N–H and O–H groups in total. The van der Waals surface area contributed by atoms with Crippen molar-refractivity contribution in [2.24, 2.45) is 5.92 Å². The lowest BCUT2D eigenvalue weighted by atomic mass is 9.95. The van der Waals surface area contributed by atoms with Crippen LogP contribution in [0.1, 0.15) is 51.6 Å². The summed E-state index contributed by atoms with van der Waals surface area (Å²) in [6.07, 6.45) is 4.45. The SMILES string of the molecule is CCCC1CN(C(C)c2nccs2)C(C(C)C)CN1. The molecule has 2 heterocycles. The molecule has 1 saturated heterocycles. The molecule has 2 rings (SSSR count). The number of hydrogen-bond acceptors (Lipinski definition) is 4. The van der Waals surface area contributed by atoms with Gasteiger partial charge in [-0.2, -0.15) is 0 Å². The molecule has 0 aliphatic carbocycles. The summed E-state index contributed by atoms with van der Waals surface area (Å²) in [6, 6.07) is 1.70. The molecule has 0 amide bonds. The minimum absolute atomic E-state index is 0.439. The zero-order valence-electron chi connectivity index (χ0n) is 12.6. The largest absolute Gasteiger partial charge is 0.311 e. The summed E-state index contributed by atoms with van der Waals surface area (Å²) in [5.74, 6) is 0.678. The first-order chi connectivity index (χ1) is 9.13. The summed E-state index contributed by atoms with van der Waals surface area (Å²) in [5, 5.41) is 7.06. The Hall–Kier alpha value is -0.450. The quantitative estimate of drug-likeness (QED) is 0.897. The van der Waals surface area contributed by atoms with Crippen molar-refractivity contribution in [3.8, 4) is 0 Å². The monoisotopic (exact) mass is 281 g/mol. The number of piperazine rings is 1. The Morgan fingerprint density at radius 2 is 2.26 bits per heavy atom. The van der Waals surface area contributed by atoms with Gasteiger partial charge in [0.05, 0.1) is 6.04 Å². The minimum atomic E-state index is 0.439. The highest BCUT2D eigenvalue weighted by Gasteiger charge is 2.33. The Kier molecular flexibility index (Phi) is 5.37. The van der Waals surface area contributed by atoms with Crippen molar-refractivity contribution in [2.45, 2.75) is 58.7 Å². The molecule has 1 aromatic rings. The molecule has 4 heteroatoms. The van der Waals surface area contributed by atoms with Crippen LogP contribution >= 0.6 is 11.3 Å². The van der Waals surface area contributed by atoms with Crippen molar-refractivity contribution in [1.82, 2.24) is 15.2 Å². The van der Waals surface area contributed by atoms with E-state index >= 15 is 0 Å². The highest BCUT2D eigenvalue weighted by Crippen LogP contribution is 2.29. The van der Waals surface area contributed by atoms with Gasteiger partial charge in [0.25, 0.3) is 0 Å². The topological polar surface area (TPSA) is 28.2 Å². The van der Waals surface area contributed by atoms with Crippen LogP contribution in [-0.2, 0) is 0 Å². The van der Waals surface area contributed by atoms with Crippen molar-refractivity contribution in [1.29, 1.82) is 0 Å². The molecular formula is C15H27N3S. The lowest BCUT2D eigenvalue weighted by Gasteiger charge is -2.45. The maximum absolute atomic E-state index is 4.51. The fraction of sp³-hybridized carbons (Fsp3) is 0.800. The second-order valence-corrected chi connectivity index (χ2v) is 6.87. The van der Waals surface area contributed by atoms with Gasteiger partial charge in [-0.1, -0.05) is 27.2 Å². The molecule has 3 unspecified atom stereocenters. The number of nitrogens with zero attached hydrogens (tertiary/aromatic N) is 2. The van der Waals surface area contributed by atoms with Crippen molar-refractivity contribution < 1.29 is 0 Å². The molecule has 0 radical (unpaired) electrons. The molecule has 3 nitrogen and oxygen atoms in total. The number of hydrogen-bond donors (Lipinski definition) is 1. The number of nitrogens with one attached hydrogen (secondary N) is 1. The molecular weight excluding hydrogens is 254 g/mol. The summed E-state index contributed by atoms with van der Waals surface area (Å²) in [5.41, 5.74) is 0. The van der Waals surface area contributed by atoms with Crippen LogP contribution in [0.4, 0.5) is 0 Å². The molecule has 3 atom stereocenters. The fourth-order valence-electron chi connectivity index (χ4n) is 3.05. The summed E-state index contributed by atoms with van der Waals surface area (Å²) in [4.78, 5) is 7.18. The van der Waals surface area contributed by atoms with Crippen LogP contribution in [-0.4, -0.2) is 35.1 Å². The maximum atomic E-state index is 4.51. The van der Waals surface area contributed by atoms with Gasteiger partial charge in [-0.05, 0) is 19.3 Å². The number of thiazole rings is 1. The molecule has 1 aromatic heterocycles. The summed E-state index contributed by atoms with van der Waals surface area (Å²) in [6.45, 7) is 11.5. The van der Waals surface area contributed by atoms with Crippen LogP contribution in [0.25, 0.3) is 0 Å². The summed E-state index contributed by atoms with van der Waals surface area (Å²) < 4.78 is 0. The van der Waals surface area contributed by atoms with Crippen LogP contribution in [0.3, 0.4) is 0 Å². The van der Waals surface area contributed by atoms with Crippen molar-refractivity contribution >= 4 is 11.3 Å². The Morgan fingerprint density at radius 1 is 1.47 bits per heavy atom. The molecule has 1 aliphatic rings. The average Bonchev–Trinajstić information content (AvgIpc) is 2.91. The molecule has 108 valence electrons. The van der Waals surface area contributed by atoms with Gasteiger partial charge in [-0.15, -0.1) is 11.3 Å². The van der Waals surface area contributed by atoms with E-state index in [-0.39, 0.29) is 0 Å². The molecule has 1 fully saturated rings. The van der Waals surface area contributed by atoms with Gasteiger partial charge in [0.1, 0.15) is 5.01 Å². The van der Waals surface area contributed by atoms with Gasteiger partial charge in [0.15, 0.2) is 0 Å². The van der Waals surface area contributed by atoms with Crippen LogP contribution in [0.15, 0.2) is 11.6 Å². The van der Waals surface area contributed by atoms with E-state index in [0.29, 0.717) is 24.0 Å². The van der Waals surface area contributed by atoms with Gasteiger partial charge in [-0.3, -0.25) is 4.90 Å². The fourth-order valence-corrected chi connectivity index (χ4v) is 3.76. The third-order valence-corrected chi connectivity index (χ3v) is 5.13. The Balaban J connectivity index is 2.11. The van der Waals surface area contributed by atoms with Gasteiger partial charge >= 0.3 is 0 Å². The Bertz CT molecular complexity index is 363. The van der Waals surface area contributed by atoms with Gasteiger partial charge in [0.2, 0.25) is 0 Å². The smallest absolute Gasteiger partial charge is 0.109 e. The van der Waals surface area contributed by atoms with Gasteiger partial charge < -0.3 is 5.32 Å². The highest BCUT2D eigenvalue weighted by atomic mass is 32.1. The molecule has 0 bridgehead atoms. The normalized spacial score (nSPS) is 26.8. The second-order valence-electron chi connectivity index (χ2n) is 5.95. The predicted octanol–water partition coefficient (Wildman–Crippen LogP) is 3.30. The van der Waals surface area contributed by atoms with Crippen LogP contribution in [0.2, 0.25) is 0 Å². The molecule has 0 aromatic carbocycles. The van der Waals surface area contributed by atoms with E-state index in [2.05, 4.69) is 48.3 Å². The summed E-state index contributed by atoms with van der Waals surface area (Å²) >= 11 is 1.78. The minimum Gasteiger partial charge on any atom is -0.311 e. The zero-order valence-corrected chi connectivity index (χ0v) is 13.4. The van der Waals surface area contributed by atoms with Crippen molar-refractivity contribution in [3.63, 3.8) is 0 Å². The van der Waals surface area contributed by atoms with Gasteiger partial charge in [0, 0.05) is 36.8 Å². The third-order valence-electron chi connectivity index (χ3n) is 4.19. The highest BCUT2D eigenvalue weighted by molar-refractivity contribution is 7.09. The molecule has 1 aliphatic heterocycles. The lowest BCUT2D eigenvalue weighted by Crippen LogP contribution is -2.58. The predicted molar refractivity (Wildman–Crippen MR) is 82.6 cm³/mol. The second kappa shape index (κ2) is 6.82. The number of rotatable bonds is 5. The van der Waals surface area contributed by atoms with Gasteiger partial charge in [-0.25, -0.2) is 4.98 Å². The summed E-state index contributed by atoms with van der Waals surface area (Å²) in [7, 11) is 0. The van der Waals surface area contributed by atoms with Crippen LogP contribution in [0.5, 0.6) is 0 Å². The first-order valence-electron chi connectivity index (χ1n) is 7.52. The lowest BCUT2D eigenvalue weighted by molar-refractivity contribution is 0.0597.